The fraction of sp³-hybridized carbons (Fsp3) is 0.722. The van der Waals surface area contributed by atoms with Crippen LogP contribution in [0.3, 0.4) is 0 Å². The molecule has 1 aromatic rings. The van der Waals surface area contributed by atoms with E-state index in [1.165, 1.54) is 5.56 Å². The number of urea groups is 1. The molecule has 1 atom stereocenters. The number of rotatable bonds is 5. The van der Waals surface area contributed by atoms with Crippen molar-refractivity contribution in [3.05, 3.63) is 24.2 Å². The SMILES string of the molecule is O=C(NCCC1CCOC12CN(Cc1ccoc1)C2)N1CCCC1. The highest BCUT2D eigenvalue weighted by atomic mass is 16.5. The van der Waals surface area contributed by atoms with Crippen molar-refractivity contribution in [2.45, 2.75) is 37.8 Å². The van der Waals surface area contributed by atoms with E-state index in [1.54, 1.807) is 6.26 Å². The number of hydrogen-bond acceptors (Lipinski definition) is 4. The van der Waals surface area contributed by atoms with Crippen LogP contribution in [0.5, 0.6) is 0 Å². The lowest BCUT2D eigenvalue weighted by Crippen LogP contribution is -2.64. The van der Waals surface area contributed by atoms with Gasteiger partial charge in [-0.25, -0.2) is 4.79 Å². The van der Waals surface area contributed by atoms with Crippen molar-refractivity contribution >= 4 is 6.03 Å². The van der Waals surface area contributed by atoms with Crippen LogP contribution >= 0.6 is 0 Å². The lowest BCUT2D eigenvalue weighted by Gasteiger charge is -2.50. The third-order valence-corrected chi connectivity index (χ3v) is 5.73. The van der Waals surface area contributed by atoms with E-state index in [0.717, 1.165) is 71.6 Å². The molecule has 3 saturated heterocycles. The van der Waals surface area contributed by atoms with Crippen LogP contribution in [0, 0.1) is 5.92 Å². The van der Waals surface area contributed by atoms with Gasteiger partial charge in [0.1, 0.15) is 0 Å². The Hall–Kier alpha value is -1.53. The molecular formula is C18H27N3O3. The third-order valence-electron chi connectivity index (χ3n) is 5.73. The predicted molar refractivity (Wildman–Crippen MR) is 89.6 cm³/mol. The molecule has 2 amide bonds. The molecule has 3 aliphatic rings. The molecule has 3 fully saturated rings. The second-order valence-electron chi connectivity index (χ2n) is 7.39. The molecule has 0 bridgehead atoms. The molecule has 1 N–H and O–H groups in total. The summed E-state index contributed by atoms with van der Waals surface area (Å²) < 4.78 is 11.2. The predicted octanol–water partition coefficient (Wildman–Crippen LogP) is 2.07. The monoisotopic (exact) mass is 333 g/mol. The molecule has 3 aliphatic heterocycles. The molecule has 4 rings (SSSR count). The van der Waals surface area contributed by atoms with Crippen LogP contribution in [0.4, 0.5) is 4.79 Å². The lowest BCUT2D eigenvalue weighted by atomic mass is 9.79. The Labute approximate surface area is 143 Å². The summed E-state index contributed by atoms with van der Waals surface area (Å²) in [4.78, 5) is 16.4. The number of nitrogens with zero attached hydrogens (tertiary/aromatic N) is 2. The van der Waals surface area contributed by atoms with Gasteiger partial charge in [0.15, 0.2) is 0 Å². The number of amides is 2. The molecule has 6 heteroatoms. The number of likely N-dealkylation sites (tertiary alicyclic amines) is 2. The number of hydrogen-bond donors (Lipinski definition) is 1. The van der Waals surface area contributed by atoms with Gasteiger partial charge in [0, 0.05) is 51.4 Å². The maximum Gasteiger partial charge on any atom is 0.317 e. The van der Waals surface area contributed by atoms with Gasteiger partial charge in [0.05, 0.1) is 18.1 Å². The number of carbonyl (C=O) groups is 1. The van der Waals surface area contributed by atoms with Gasteiger partial charge in [-0.1, -0.05) is 0 Å². The first-order valence-corrected chi connectivity index (χ1v) is 9.15. The van der Waals surface area contributed by atoms with E-state index < -0.39 is 0 Å². The Morgan fingerprint density at radius 3 is 2.92 bits per heavy atom. The molecule has 0 aliphatic carbocycles. The van der Waals surface area contributed by atoms with Gasteiger partial charge < -0.3 is 19.4 Å². The molecule has 24 heavy (non-hydrogen) atoms. The van der Waals surface area contributed by atoms with Crippen molar-refractivity contribution in [3.8, 4) is 0 Å². The first-order valence-electron chi connectivity index (χ1n) is 9.15. The maximum atomic E-state index is 12.1. The van der Waals surface area contributed by atoms with Crippen molar-refractivity contribution in [1.29, 1.82) is 0 Å². The Kier molecular flexibility index (Phi) is 4.50. The minimum atomic E-state index is 0.0160. The topological polar surface area (TPSA) is 58.0 Å². The zero-order valence-corrected chi connectivity index (χ0v) is 14.2. The highest BCUT2D eigenvalue weighted by Gasteiger charge is 2.52. The van der Waals surface area contributed by atoms with Crippen LogP contribution < -0.4 is 5.32 Å². The average Bonchev–Trinajstić information content (AvgIpc) is 3.28. The van der Waals surface area contributed by atoms with Gasteiger partial charge in [-0.3, -0.25) is 4.90 Å². The summed E-state index contributed by atoms with van der Waals surface area (Å²) in [6.45, 7) is 6.33. The zero-order chi connectivity index (χ0) is 16.4. The fourth-order valence-corrected chi connectivity index (χ4v) is 4.39. The average molecular weight is 333 g/mol. The van der Waals surface area contributed by atoms with E-state index in [-0.39, 0.29) is 11.6 Å². The van der Waals surface area contributed by atoms with Crippen LogP contribution in [0.15, 0.2) is 23.0 Å². The Morgan fingerprint density at radius 2 is 2.17 bits per heavy atom. The fourth-order valence-electron chi connectivity index (χ4n) is 4.39. The van der Waals surface area contributed by atoms with E-state index in [9.17, 15) is 4.79 Å². The highest BCUT2D eigenvalue weighted by Crippen LogP contribution is 2.42. The van der Waals surface area contributed by atoms with Crippen molar-refractivity contribution in [2.75, 3.05) is 39.3 Å². The number of ether oxygens (including phenoxy) is 1. The number of furan rings is 1. The molecule has 1 unspecified atom stereocenters. The molecule has 1 aromatic heterocycles. The van der Waals surface area contributed by atoms with E-state index in [2.05, 4.69) is 10.2 Å². The molecule has 4 heterocycles. The first kappa shape index (κ1) is 16.0. The number of nitrogens with one attached hydrogen (secondary N) is 1. The van der Waals surface area contributed by atoms with Crippen LogP contribution in [0.2, 0.25) is 0 Å². The van der Waals surface area contributed by atoms with Crippen LogP contribution in [-0.2, 0) is 11.3 Å². The van der Waals surface area contributed by atoms with Crippen LogP contribution in [0.1, 0.15) is 31.2 Å². The van der Waals surface area contributed by atoms with Gasteiger partial charge in [0.2, 0.25) is 0 Å². The van der Waals surface area contributed by atoms with Gasteiger partial charge in [-0.05, 0) is 37.7 Å². The standard InChI is InChI=1S/C18H27N3O3/c22-17(21-7-1-2-8-21)19-6-3-16-5-10-24-18(16)13-20(14-18)11-15-4-9-23-12-15/h4,9,12,16H,1-3,5-8,10-11,13-14H2,(H,19,22). The van der Waals surface area contributed by atoms with Gasteiger partial charge in [-0.15, -0.1) is 0 Å². The minimum Gasteiger partial charge on any atom is -0.472 e. The normalized spacial score (nSPS) is 26.0. The molecule has 0 radical (unpaired) electrons. The number of carbonyl (C=O) groups excluding carboxylic acids is 1. The summed E-state index contributed by atoms with van der Waals surface area (Å²) in [5, 5.41) is 3.09. The van der Waals surface area contributed by atoms with Gasteiger partial charge >= 0.3 is 6.03 Å². The van der Waals surface area contributed by atoms with E-state index >= 15 is 0 Å². The summed E-state index contributed by atoms with van der Waals surface area (Å²) in [6.07, 6.45) is 7.94. The van der Waals surface area contributed by atoms with Crippen LogP contribution in [-0.4, -0.2) is 60.8 Å². The Bertz CT molecular complexity index is 548. The first-order chi connectivity index (χ1) is 11.8. The third kappa shape index (κ3) is 3.17. The molecule has 0 saturated carbocycles. The van der Waals surface area contributed by atoms with Gasteiger partial charge in [-0.2, -0.15) is 0 Å². The van der Waals surface area contributed by atoms with Crippen molar-refractivity contribution in [3.63, 3.8) is 0 Å². The molecule has 0 aromatic carbocycles. The molecule has 1 spiro atoms. The highest BCUT2D eigenvalue weighted by molar-refractivity contribution is 5.74. The van der Waals surface area contributed by atoms with E-state index in [1.807, 2.05) is 17.2 Å². The van der Waals surface area contributed by atoms with E-state index in [4.69, 9.17) is 9.15 Å². The second kappa shape index (κ2) is 6.76. The summed E-state index contributed by atoms with van der Waals surface area (Å²) in [7, 11) is 0. The smallest absolute Gasteiger partial charge is 0.317 e. The molecular weight excluding hydrogens is 306 g/mol. The Morgan fingerprint density at radius 1 is 1.33 bits per heavy atom. The second-order valence-corrected chi connectivity index (χ2v) is 7.39. The summed E-state index contributed by atoms with van der Waals surface area (Å²) in [6, 6.07) is 2.13. The quantitative estimate of drug-likeness (QED) is 0.896. The summed E-state index contributed by atoms with van der Waals surface area (Å²) in [5.74, 6) is 0.553. The zero-order valence-electron chi connectivity index (χ0n) is 14.2. The largest absolute Gasteiger partial charge is 0.472 e. The lowest BCUT2D eigenvalue weighted by molar-refractivity contribution is -0.136. The minimum absolute atomic E-state index is 0.0160. The summed E-state index contributed by atoms with van der Waals surface area (Å²) in [5.41, 5.74) is 1.24. The maximum absolute atomic E-state index is 12.1. The van der Waals surface area contributed by atoms with Crippen LogP contribution in [0.25, 0.3) is 0 Å². The van der Waals surface area contributed by atoms with Crippen molar-refractivity contribution < 1.29 is 13.9 Å². The van der Waals surface area contributed by atoms with E-state index in [0.29, 0.717) is 5.92 Å². The summed E-state index contributed by atoms with van der Waals surface area (Å²) >= 11 is 0. The molecule has 6 nitrogen and oxygen atoms in total. The Balaban J connectivity index is 1.22. The van der Waals surface area contributed by atoms with Crippen molar-refractivity contribution in [2.24, 2.45) is 5.92 Å². The van der Waals surface area contributed by atoms with Crippen molar-refractivity contribution in [1.82, 2.24) is 15.1 Å². The van der Waals surface area contributed by atoms with Gasteiger partial charge in [0.25, 0.3) is 0 Å². The molecule has 132 valence electrons.